The molecule has 0 fully saturated rings. The highest BCUT2D eigenvalue weighted by Crippen LogP contribution is 2.38. The Hall–Kier alpha value is -4.05. The third-order valence-electron chi connectivity index (χ3n) is 7.35. The van der Waals surface area contributed by atoms with Crippen LogP contribution < -0.4 is 24.7 Å². The lowest BCUT2D eigenvalue weighted by Gasteiger charge is -2.30. The van der Waals surface area contributed by atoms with E-state index in [-0.39, 0.29) is 30.6 Å². The summed E-state index contributed by atoms with van der Waals surface area (Å²) in [4.78, 5) is 0. The van der Waals surface area contributed by atoms with Gasteiger partial charge in [0.05, 0.1) is 26.2 Å². The predicted molar refractivity (Wildman–Crippen MR) is 170 cm³/mol. The van der Waals surface area contributed by atoms with E-state index >= 15 is 0 Å². The van der Waals surface area contributed by atoms with Crippen molar-refractivity contribution in [2.75, 3.05) is 25.2 Å². The number of aliphatic hydroxyl groups is 1. The van der Waals surface area contributed by atoms with Gasteiger partial charge in [-0.25, -0.2) is 8.42 Å². The van der Waals surface area contributed by atoms with E-state index in [2.05, 4.69) is 4.72 Å². The number of hydrogen-bond donors (Lipinski definition) is 3. The Kier molecular flexibility index (Phi) is 10.3. The normalized spacial score (nSPS) is 13.7. The molecule has 9 heteroatoms. The minimum atomic E-state index is -3.63. The molecule has 0 unspecified atom stereocenters. The maximum Gasteiger partial charge on any atom is 0.229 e. The van der Waals surface area contributed by atoms with Crippen LogP contribution in [0.2, 0.25) is 0 Å². The lowest BCUT2D eigenvalue weighted by atomic mass is 9.81. The van der Waals surface area contributed by atoms with Gasteiger partial charge in [-0.3, -0.25) is 10.5 Å². The van der Waals surface area contributed by atoms with Crippen molar-refractivity contribution in [1.29, 1.82) is 0 Å². The molecule has 0 bridgehead atoms. The number of hydrogen-bond acceptors (Lipinski definition) is 7. The van der Waals surface area contributed by atoms with Crippen molar-refractivity contribution >= 4 is 15.7 Å². The second kappa shape index (κ2) is 13.9. The van der Waals surface area contributed by atoms with Gasteiger partial charge in [-0.05, 0) is 71.8 Å². The third kappa shape index (κ3) is 8.97. The fraction of sp³-hybridized carbons (Fsp3) is 0.294. The van der Waals surface area contributed by atoms with Crippen LogP contribution in [-0.4, -0.2) is 34.0 Å². The average Bonchev–Trinajstić information content (AvgIpc) is 2.99. The fourth-order valence-electron chi connectivity index (χ4n) is 5.21. The van der Waals surface area contributed by atoms with E-state index in [9.17, 15) is 13.5 Å². The quantitative estimate of drug-likeness (QED) is 0.151. The first kappa shape index (κ1) is 31.9. The first-order valence-corrected chi connectivity index (χ1v) is 15.9. The van der Waals surface area contributed by atoms with Crippen molar-refractivity contribution < 1.29 is 27.7 Å². The van der Waals surface area contributed by atoms with E-state index < -0.39 is 15.7 Å². The van der Waals surface area contributed by atoms with Crippen molar-refractivity contribution in [2.24, 2.45) is 11.7 Å². The van der Waals surface area contributed by atoms with Crippen LogP contribution in [-0.2, 0) is 22.4 Å². The number of nitrogens with one attached hydrogen (secondary N) is 1. The number of rotatable bonds is 14. The van der Waals surface area contributed by atoms with Gasteiger partial charge in [0.25, 0.3) is 0 Å². The molecule has 0 radical (unpaired) electrons. The highest BCUT2D eigenvalue weighted by Gasteiger charge is 2.30. The second-order valence-electron chi connectivity index (χ2n) is 10.9. The first-order valence-electron chi connectivity index (χ1n) is 14.1. The number of benzene rings is 4. The maximum atomic E-state index is 12.2. The molecule has 0 aliphatic rings. The van der Waals surface area contributed by atoms with Crippen LogP contribution in [0.3, 0.4) is 0 Å². The molecule has 0 saturated heterocycles. The molecule has 0 saturated carbocycles. The zero-order chi connectivity index (χ0) is 31.0. The molecule has 0 amide bonds. The molecule has 0 aliphatic carbocycles. The van der Waals surface area contributed by atoms with Gasteiger partial charge in [-0.15, -0.1) is 0 Å². The number of anilines is 1. The molecule has 4 aromatic rings. The highest BCUT2D eigenvalue weighted by atomic mass is 32.2. The summed E-state index contributed by atoms with van der Waals surface area (Å²) in [5.74, 6) is 1.89. The molecule has 4 aromatic carbocycles. The van der Waals surface area contributed by atoms with Gasteiger partial charge < -0.3 is 19.3 Å². The van der Waals surface area contributed by atoms with Crippen LogP contribution in [0.1, 0.15) is 47.9 Å². The largest absolute Gasteiger partial charge is 0.497 e. The molecule has 0 heterocycles. The van der Waals surface area contributed by atoms with E-state index in [0.717, 1.165) is 34.4 Å². The van der Waals surface area contributed by atoms with Gasteiger partial charge in [0.15, 0.2) is 0 Å². The van der Waals surface area contributed by atoms with Crippen LogP contribution in [0.4, 0.5) is 5.69 Å². The lowest BCUT2D eigenvalue weighted by molar-refractivity contribution is 0.0179. The second-order valence-corrected chi connectivity index (χ2v) is 12.7. The van der Waals surface area contributed by atoms with Gasteiger partial charge in [0.1, 0.15) is 29.6 Å². The summed E-state index contributed by atoms with van der Waals surface area (Å²) < 4.78 is 43.5. The molecular weight excluding hydrogens is 564 g/mol. The number of ether oxygens (including phenoxy) is 3. The number of sulfonamides is 1. The number of nitrogens with two attached hydrogens (primary N) is 1. The monoisotopic (exact) mass is 604 g/mol. The molecule has 8 nitrogen and oxygen atoms in total. The predicted octanol–water partition coefficient (Wildman–Crippen LogP) is 6.01. The van der Waals surface area contributed by atoms with Crippen LogP contribution in [0.15, 0.2) is 97.1 Å². The van der Waals surface area contributed by atoms with Gasteiger partial charge in [0.2, 0.25) is 10.0 Å². The van der Waals surface area contributed by atoms with Crippen LogP contribution in [0, 0.1) is 5.92 Å². The van der Waals surface area contributed by atoms with Gasteiger partial charge >= 0.3 is 0 Å². The molecule has 0 spiro atoms. The fourth-order valence-corrected chi connectivity index (χ4v) is 5.77. The topological polar surface area (TPSA) is 120 Å². The summed E-state index contributed by atoms with van der Waals surface area (Å²) in [5, 5.41) is 11.5. The van der Waals surface area contributed by atoms with E-state index in [1.165, 1.54) is 0 Å². The smallest absolute Gasteiger partial charge is 0.229 e. The molecule has 0 aliphatic heterocycles. The molecule has 0 aromatic heterocycles. The molecule has 4 N–H and O–H groups in total. The minimum Gasteiger partial charge on any atom is -0.497 e. The van der Waals surface area contributed by atoms with Crippen molar-refractivity contribution in [3.05, 3.63) is 119 Å². The van der Waals surface area contributed by atoms with E-state index in [4.69, 9.17) is 19.9 Å². The maximum absolute atomic E-state index is 12.2. The van der Waals surface area contributed by atoms with Crippen molar-refractivity contribution in [2.45, 2.75) is 38.0 Å². The third-order valence-corrected chi connectivity index (χ3v) is 7.94. The Balaban J connectivity index is 1.56. The van der Waals surface area contributed by atoms with E-state index in [0.29, 0.717) is 17.7 Å². The Labute approximate surface area is 254 Å². The van der Waals surface area contributed by atoms with Crippen LogP contribution in [0.25, 0.3) is 0 Å². The summed E-state index contributed by atoms with van der Waals surface area (Å²) in [6.45, 7) is 2.30. The van der Waals surface area contributed by atoms with Crippen LogP contribution >= 0.6 is 0 Å². The standard InChI is InChI=1S/C34H40N2O6S/c1-24(20-31(26-10-15-29(40-2)16-11-26)27-12-17-30(41-3)18-13-27)22-34(35,37)28-14-19-33(32(21-28)36-43(4,38)39)42-23-25-8-6-5-7-9-25/h5-19,21,24,31,36-37H,20,22-23,35H2,1-4H3/t24-,34+/m0/s1. The number of methoxy groups -OCH3 is 2. The summed E-state index contributed by atoms with van der Waals surface area (Å²) in [6.07, 6.45) is 2.00. The highest BCUT2D eigenvalue weighted by molar-refractivity contribution is 7.92. The zero-order valence-corrected chi connectivity index (χ0v) is 25.8. The SMILES string of the molecule is COc1ccc(C(C[C@H](C)C[C@@](N)(O)c2ccc(OCc3ccccc3)c(NS(C)(=O)=O)c2)c2ccc(OC)cc2)cc1. The van der Waals surface area contributed by atoms with Crippen LogP contribution in [0.5, 0.6) is 17.2 Å². The Morgan fingerprint density at radius 2 is 1.42 bits per heavy atom. The van der Waals surface area contributed by atoms with Crippen molar-refractivity contribution in [3.8, 4) is 17.2 Å². The molecule has 228 valence electrons. The molecule has 2 atom stereocenters. The van der Waals surface area contributed by atoms with Gasteiger partial charge in [0, 0.05) is 11.5 Å². The minimum absolute atomic E-state index is 0.0236. The Morgan fingerprint density at radius 3 is 1.93 bits per heavy atom. The molecule has 4 rings (SSSR count). The average molecular weight is 605 g/mol. The lowest BCUT2D eigenvalue weighted by Crippen LogP contribution is -2.38. The Morgan fingerprint density at radius 1 is 0.860 bits per heavy atom. The summed E-state index contributed by atoms with van der Waals surface area (Å²) in [5.41, 5.74) is 8.53. The van der Waals surface area contributed by atoms with Gasteiger partial charge in [-0.1, -0.05) is 67.6 Å². The summed E-state index contributed by atoms with van der Waals surface area (Å²) in [6, 6.07) is 30.3. The summed E-state index contributed by atoms with van der Waals surface area (Å²) >= 11 is 0. The van der Waals surface area contributed by atoms with Crippen molar-refractivity contribution in [3.63, 3.8) is 0 Å². The van der Waals surface area contributed by atoms with E-state index in [1.54, 1.807) is 32.4 Å². The zero-order valence-electron chi connectivity index (χ0n) is 25.0. The Bertz CT molecular complexity index is 1530. The van der Waals surface area contributed by atoms with Gasteiger partial charge in [-0.2, -0.15) is 0 Å². The first-order chi connectivity index (χ1) is 20.5. The summed E-state index contributed by atoms with van der Waals surface area (Å²) in [7, 11) is -0.350. The van der Waals surface area contributed by atoms with E-state index in [1.807, 2.05) is 85.8 Å². The molecular formula is C34H40N2O6S. The van der Waals surface area contributed by atoms with Crippen molar-refractivity contribution in [1.82, 2.24) is 0 Å². The molecule has 43 heavy (non-hydrogen) atoms.